The van der Waals surface area contributed by atoms with Crippen molar-refractivity contribution in [2.45, 2.75) is 19.6 Å². The number of carbonyl (C=O) groups excluding carboxylic acids is 2. The molecule has 0 unspecified atom stereocenters. The quantitative estimate of drug-likeness (QED) is 0.660. The van der Waals surface area contributed by atoms with Crippen LogP contribution in [0, 0.1) is 5.82 Å². The summed E-state index contributed by atoms with van der Waals surface area (Å²) in [5.74, 6) is -0.691. The second kappa shape index (κ2) is 7.95. The zero-order valence-electron chi connectivity index (χ0n) is 15.4. The molecule has 1 saturated heterocycles. The molecule has 0 saturated carbocycles. The molecule has 1 fully saturated rings. The summed E-state index contributed by atoms with van der Waals surface area (Å²) in [5, 5.41) is 9.01. The topological polar surface area (TPSA) is 102 Å². The van der Waals surface area contributed by atoms with Crippen LogP contribution in [0.15, 0.2) is 36.2 Å². The van der Waals surface area contributed by atoms with Crippen molar-refractivity contribution in [3.05, 3.63) is 47.7 Å². The van der Waals surface area contributed by atoms with Crippen LogP contribution in [0.2, 0.25) is 0 Å². The number of rotatable bonds is 6. The Morgan fingerprint density at radius 3 is 3.03 bits per heavy atom. The van der Waals surface area contributed by atoms with E-state index in [9.17, 15) is 14.0 Å². The maximum Gasteiger partial charge on any atom is 0.414 e. The Morgan fingerprint density at radius 1 is 1.45 bits per heavy atom. The van der Waals surface area contributed by atoms with E-state index in [-0.39, 0.29) is 19.0 Å². The predicted molar refractivity (Wildman–Crippen MR) is 103 cm³/mol. The van der Waals surface area contributed by atoms with Crippen molar-refractivity contribution in [2.24, 2.45) is 0 Å². The van der Waals surface area contributed by atoms with Gasteiger partial charge in [0.15, 0.2) is 0 Å². The van der Waals surface area contributed by atoms with Gasteiger partial charge in [-0.25, -0.2) is 23.8 Å². The van der Waals surface area contributed by atoms with Gasteiger partial charge in [0.05, 0.1) is 31.0 Å². The van der Waals surface area contributed by atoms with E-state index in [1.807, 2.05) is 5.38 Å². The smallest absolute Gasteiger partial charge is 0.414 e. The molecule has 1 aromatic carbocycles. The normalized spacial score (nSPS) is 16.1. The Balaban J connectivity index is 1.48. The first-order valence-corrected chi connectivity index (χ1v) is 9.67. The SMILES string of the molecule is CC(=O)NC[C@H]1CN(c2ccc(-c3nc(Cn4cncn4)cs3)c(F)c2)C(=O)O1. The molecule has 1 aliphatic heterocycles. The van der Waals surface area contributed by atoms with E-state index >= 15 is 0 Å². The van der Waals surface area contributed by atoms with Crippen LogP contribution >= 0.6 is 11.3 Å². The molecule has 1 aliphatic rings. The number of aromatic nitrogens is 4. The summed E-state index contributed by atoms with van der Waals surface area (Å²) >= 11 is 1.33. The van der Waals surface area contributed by atoms with Crippen LogP contribution in [0.4, 0.5) is 14.9 Å². The average Bonchev–Trinajstić information content (AvgIpc) is 3.42. The number of thiazole rings is 1. The second-order valence-electron chi connectivity index (χ2n) is 6.45. The molecule has 29 heavy (non-hydrogen) atoms. The number of carbonyl (C=O) groups is 2. The third-order valence-electron chi connectivity index (χ3n) is 4.29. The van der Waals surface area contributed by atoms with Gasteiger partial charge in [0.25, 0.3) is 0 Å². The van der Waals surface area contributed by atoms with Gasteiger partial charge < -0.3 is 10.1 Å². The molecular formula is C18H17FN6O3S. The number of anilines is 1. The molecule has 0 radical (unpaired) electrons. The molecule has 2 amide bonds. The fourth-order valence-corrected chi connectivity index (χ4v) is 3.76. The van der Waals surface area contributed by atoms with Crippen LogP contribution in [-0.2, 0) is 16.1 Å². The number of benzene rings is 1. The van der Waals surface area contributed by atoms with E-state index in [4.69, 9.17) is 4.74 Å². The third-order valence-corrected chi connectivity index (χ3v) is 5.21. The summed E-state index contributed by atoms with van der Waals surface area (Å²) in [6.45, 7) is 2.28. The Labute approximate surface area is 169 Å². The minimum atomic E-state index is -0.572. The molecule has 3 aromatic rings. The molecule has 150 valence electrons. The van der Waals surface area contributed by atoms with Crippen molar-refractivity contribution in [1.29, 1.82) is 0 Å². The van der Waals surface area contributed by atoms with Gasteiger partial charge in [-0.1, -0.05) is 0 Å². The van der Waals surface area contributed by atoms with Crippen molar-refractivity contribution < 1.29 is 18.7 Å². The zero-order valence-corrected chi connectivity index (χ0v) is 16.2. The fourth-order valence-electron chi connectivity index (χ4n) is 2.93. The number of hydrogen-bond acceptors (Lipinski definition) is 7. The number of nitrogens with one attached hydrogen (secondary N) is 1. The van der Waals surface area contributed by atoms with Crippen LogP contribution in [-0.4, -0.2) is 50.9 Å². The zero-order chi connectivity index (χ0) is 20.4. The van der Waals surface area contributed by atoms with Crippen LogP contribution in [0.25, 0.3) is 10.6 Å². The maximum absolute atomic E-state index is 14.8. The Hall–Kier alpha value is -3.34. The Bertz CT molecular complexity index is 1040. The number of ether oxygens (including phenoxy) is 1. The number of hydrogen-bond donors (Lipinski definition) is 1. The molecule has 11 heteroatoms. The lowest BCUT2D eigenvalue weighted by Crippen LogP contribution is -2.33. The molecule has 9 nitrogen and oxygen atoms in total. The summed E-state index contributed by atoms with van der Waals surface area (Å²) in [7, 11) is 0. The van der Waals surface area contributed by atoms with E-state index in [0.717, 1.165) is 5.69 Å². The van der Waals surface area contributed by atoms with E-state index < -0.39 is 18.0 Å². The number of halogens is 1. The molecule has 2 aromatic heterocycles. The fraction of sp³-hybridized carbons (Fsp3) is 0.278. The highest BCUT2D eigenvalue weighted by molar-refractivity contribution is 7.13. The highest BCUT2D eigenvalue weighted by atomic mass is 32.1. The first kappa shape index (κ1) is 19.0. The highest BCUT2D eigenvalue weighted by Gasteiger charge is 2.32. The lowest BCUT2D eigenvalue weighted by molar-refractivity contribution is -0.119. The Kier molecular flexibility index (Phi) is 5.21. The van der Waals surface area contributed by atoms with Crippen molar-refractivity contribution in [1.82, 2.24) is 25.1 Å². The molecule has 1 N–H and O–H groups in total. The number of cyclic esters (lactones) is 1. The standard InChI is InChI=1S/C18H17FN6O3S/c1-11(26)21-5-14-7-25(18(27)28-14)13-2-3-15(16(19)4-13)17-23-12(8-29-17)6-24-10-20-9-22-24/h2-4,8-10,14H,5-7H2,1H3,(H,21,26)/t14-/m0/s1. The van der Waals surface area contributed by atoms with Gasteiger partial charge in [0.2, 0.25) is 5.91 Å². The van der Waals surface area contributed by atoms with E-state index in [2.05, 4.69) is 20.4 Å². The van der Waals surface area contributed by atoms with E-state index in [1.54, 1.807) is 23.1 Å². The van der Waals surface area contributed by atoms with Crippen LogP contribution in [0.1, 0.15) is 12.6 Å². The summed E-state index contributed by atoms with van der Waals surface area (Å²) in [6.07, 6.45) is 1.97. The molecule has 0 bridgehead atoms. The molecular weight excluding hydrogens is 399 g/mol. The molecule has 4 rings (SSSR count). The van der Waals surface area contributed by atoms with Crippen molar-refractivity contribution >= 4 is 29.0 Å². The van der Waals surface area contributed by atoms with Crippen LogP contribution < -0.4 is 10.2 Å². The monoisotopic (exact) mass is 416 g/mol. The molecule has 3 heterocycles. The number of nitrogens with zero attached hydrogens (tertiary/aromatic N) is 5. The molecule has 0 spiro atoms. The van der Waals surface area contributed by atoms with Crippen molar-refractivity contribution in [3.8, 4) is 10.6 Å². The summed E-state index contributed by atoms with van der Waals surface area (Å²) in [5.41, 5.74) is 1.50. The molecule has 0 aliphatic carbocycles. The summed E-state index contributed by atoms with van der Waals surface area (Å²) < 4.78 is 21.6. The average molecular weight is 416 g/mol. The van der Waals surface area contributed by atoms with Gasteiger partial charge in [-0.05, 0) is 18.2 Å². The van der Waals surface area contributed by atoms with Crippen molar-refractivity contribution in [2.75, 3.05) is 18.0 Å². The van der Waals surface area contributed by atoms with E-state index in [0.29, 0.717) is 22.8 Å². The van der Waals surface area contributed by atoms with E-state index in [1.165, 1.54) is 35.6 Å². The minimum Gasteiger partial charge on any atom is -0.442 e. The Morgan fingerprint density at radius 2 is 2.31 bits per heavy atom. The van der Waals surface area contributed by atoms with Crippen molar-refractivity contribution in [3.63, 3.8) is 0 Å². The van der Waals surface area contributed by atoms with Gasteiger partial charge in [-0.3, -0.25) is 9.69 Å². The highest BCUT2D eigenvalue weighted by Crippen LogP contribution is 2.31. The largest absolute Gasteiger partial charge is 0.442 e. The van der Waals surface area contributed by atoms with Gasteiger partial charge in [-0.2, -0.15) is 5.10 Å². The van der Waals surface area contributed by atoms with Gasteiger partial charge >= 0.3 is 6.09 Å². The van der Waals surface area contributed by atoms with Gasteiger partial charge in [-0.15, -0.1) is 11.3 Å². The molecule has 1 atom stereocenters. The summed E-state index contributed by atoms with van der Waals surface area (Å²) in [4.78, 5) is 32.8. The van der Waals surface area contributed by atoms with Crippen LogP contribution in [0.5, 0.6) is 0 Å². The number of amides is 2. The van der Waals surface area contributed by atoms with Gasteiger partial charge in [0.1, 0.15) is 29.6 Å². The lowest BCUT2D eigenvalue weighted by Gasteiger charge is -2.14. The first-order valence-electron chi connectivity index (χ1n) is 8.79. The van der Waals surface area contributed by atoms with Gasteiger partial charge in [0, 0.05) is 17.9 Å². The van der Waals surface area contributed by atoms with Crippen LogP contribution in [0.3, 0.4) is 0 Å². The second-order valence-corrected chi connectivity index (χ2v) is 7.31. The first-order chi connectivity index (χ1) is 14.0. The summed E-state index contributed by atoms with van der Waals surface area (Å²) in [6, 6.07) is 4.53. The maximum atomic E-state index is 14.8. The predicted octanol–water partition coefficient (Wildman–Crippen LogP) is 2.05. The minimum absolute atomic E-state index is 0.207. The third kappa shape index (κ3) is 4.24. The lowest BCUT2D eigenvalue weighted by atomic mass is 10.2.